The number of nitrogens with zero attached hydrogens (tertiary/aromatic N) is 4. The van der Waals surface area contributed by atoms with Gasteiger partial charge in [0.2, 0.25) is 5.96 Å². The summed E-state index contributed by atoms with van der Waals surface area (Å²) in [5.74, 6) is -0.0656. The number of hydrogen-bond acceptors (Lipinski definition) is 6. The number of nitriles is 1. The molecule has 154 valence electrons. The fraction of sp³-hybridized carbons (Fsp3) is 0.250. The SMILES string of the molecule is C[C@@]1(Cc2ccc(C#N)cc2)C(=O)N(c2cc(Cl)cc(Cl)c2)C2=NCC([SH](=O)=O)N21. The Morgan fingerprint density at radius 3 is 2.40 bits per heavy atom. The largest absolute Gasteiger partial charge is 0.309 e. The minimum Gasteiger partial charge on any atom is -0.309 e. The van der Waals surface area contributed by atoms with Crippen LogP contribution in [0.2, 0.25) is 10.0 Å². The number of hydrogen-bond donors (Lipinski definition) is 1. The van der Waals surface area contributed by atoms with Gasteiger partial charge in [0.15, 0.2) is 16.1 Å². The van der Waals surface area contributed by atoms with Gasteiger partial charge in [-0.25, -0.2) is 18.3 Å². The van der Waals surface area contributed by atoms with Gasteiger partial charge in [-0.05, 0) is 42.8 Å². The summed E-state index contributed by atoms with van der Waals surface area (Å²) in [7, 11) is -2.86. The van der Waals surface area contributed by atoms with E-state index in [0.29, 0.717) is 21.3 Å². The molecule has 0 saturated carbocycles. The number of benzene rings is 2. The highest BCUT2D eigenvalue weighted by atomic mass is 35.5. The highest BCUT2D eigenvalue weighted by molar-refractivity contribution is 7.73. The molecule has 1 amide bonds. The van der Waals surface area contributed by atoms with E-state index in [0.717, 1.165) is 5.56 Å². The second-order valence-electron chi connectivity index (χ2n) is 7.30. The Bertz CT molecular complexity index is 1160. The van der Waals surface area contributed by atoms with Crippen LogP contribution < -0.4 is 4.90 Å². The highest BCUT2D eigenvalue weighted by Crippen LogP contribution is 2.40. The van der Waals surface area contributed by atoms with Gasteiger partial charge in [0.25, 0.3) is 5.91 Å². The van der Waals surface area contributed by atoms with Crippen LogP contribution in [0.1, 0.15) is 18.1 Å². The number of carbonyl (C=O) groups is 1. The number of anilines is 1. The average Bonchev–Trinajstić information content (AvgIpc) is 3.21. The molecule has 1 unspecified atom stereocenters. The van der Waals surface area contributed by atoms with Crippen LogP contribution in [0, 0.1) is 11.3 Å². The van der Waals surface area contributed by atoms with Gasteiger partial charge in [0.05, 0.1) is 23.9 Å². The van der Waals surface area contributed by atoms with Crippen molar-refractivity contribution in [2.24, 2.45) is 4.99 Å². The molecule has 0 spiro atoms. The molecule has 0 aliphatic carbocycles. The molecule has 2 aliphatic rings. The van der Waals surface area contributed by atoms with Crippen LogP contribution in [0.3, 0.4) is 0 Å². The molecular formula is C20H16Cl2N4O3S. The number of rotatable bonds is 4. The van der Waals surface area contributed by atoms with Crippen LogP contribution in [-0.4, -0.2) is 42.6 Å². The zero-order chi connectivity index (χ0) is 21.6. The Balaban J connectivity index is 1.81. The van der Waals surface area contributed by atoms with Crippen LogP contribution in [-0.2, 0) is 21.9 Å². The van der Waals surface area contributed by atoms with Gasteiger partial charge in [0.1, 0.15) is 5.54 Å². The molecular weight excluding hydrogens is 447 g/mol. The van der Waals surface area contributed by atoms with E-state index in [9.17, 15) is 13.2 Å². The van der Waals surface area contributed by atoms with Gasteiger partial charge in [-0.1, -0.05) is 35.3 Å². The lowest BCUT2D eigenvalue weighted by atomic mass is 9.90. The van der Waals surface area contributed by atoms with Crippen LogP contribution in [0.4, 0.5) is 5.69 Å². The molecule has 1 saturated heterocycles. The smallest absolute Gasteiger partial charge is 0.259 e. The molecule has 0 N–H and O–H groups in total. The number of halogens is 2. The normalized spacial score (nSPS) is 23.0. The topological polar surface area (TPSA) is 93.8 Å². The average molecular weight is 463 g/mol. The highest BCUT2D eigenvalue weighted by Gasteiger charge is 2.58. The van der Waals surface area contributed by atoms with Crippen molar-refractivity contribution in [3.05, 3.63) is 63.6 Å². The fourth-order valence-corrected chi connectivity index (χ4v) is 5.21. The molecule has 2 aromatic carbocycles. The zero-order valence-electron chi connectivity index (χ0n) is 15.7. The second kappa shape index (κ2) is 7.58. The van der Waals surface area contributed by atoms with Gasteiger partial charge < -0.3 is 4.90 Å². The van der Waals surface area contributed by atoms with E-state index < -0.39 is 21.6 Å². The maximum Gasteiger partial charge on any atom is 0.259 e. The van der Waals surface area contributed by atoms with E-state index in [-0.39, 0.29) is 24.8 Å². The lowest BCUT2D eigenvalue weighted by molar-refractivity contribution is -0.124. The summed E-state index contributed by atoms with van der Waals surface area (Å²) in [6.07, 6.45) is 0.237. The number of carbonyl (C=O) groups excluding carboxylic acids is 1. The van der Waals surface area contributed by atoms with E-state index in [1.54, 1.807) is 54.3 Å². The van der Waals surface area contributed by atoms with Crippen molar-refractivity contribution in [1.29, 1.82) is 5.26 Å². The molecule has 2 aromatic rings. The van der Waals surface area contributed by atoms with Crippen molar-refractivity contribution < 1.29 is 13.2 Å². The fourth-order valence-electron chi connectivity index (χ4n) is 3.93. The zero-order valence-corrected chi connectivity index (χ0v) is 18.2. The molecule has 4 rings (SSSR count). The predicted octanol–water partition coefficient (Wildman–Crippen LogP) is 2.82. The number of fused-ring (bicyclic) bond motifs is 1. The summed E-state index contributed by atoms with van der Waals surface area (Å²) in [6, 6.07) is 13.6. The maximum atomic E-state index is 13.6. The van der Waals surface area contributed by atoms with Crippen molar-refractivity contribution >= 4 is 51.5 Å². The van der Waals surface area contributed by atoms with Gasteiger partial charge >= 0.3 is 0 Å². The van der Waals surface area contributed by atoms with Crippen molar-refractivity contribution in [1.82, 2.24) is 4.90 Å². The summed E-state index contributed by atoms with van der Waals surface area (Å²) in [5.41, 5.74) is 0.521. The van der Waals surface area contributed by atoms with Gasteiger partial charge in [-0.3, -0.25) is 4.79 Å². The third kappa shape index (κ3) is 3.33. The van der Waals surface area contributed by atoms with Gasteiger partial charge in [-0.2, -0.15) is 5.26 Å². The van der Waals surface area contributed by atoms with Crippen molar-refractivity contribution in [2.45, 2.75) is 24.3 Å². The lowest BCUT2D eigenvalue weighted by Gasteiger charge is -2.33. The van der Waals surface area contributed by atoms with E-state index >= 15 is 0 Å². The molecule has 10 heteroatoms. The minimum absolute atomic E-state index is 0.0368. The standard InChI is InChI=1S/C20H16Cl2N4O3S/c1-20(9-12-2-4-13(10-23)5-3-12)18(27)25(16-7-14(21)6-15(22)8-16)19-24-11-17(26(19)20)30(28)29/h2-8,17,30H,9,11H2,1H3/t17?,20-/m1/s1. The number of amides is 1. The van der Waals surface area contributed by atoms with Crippen LogP contribution in [0.25, 0.3) is 0 Å². The molecule has 2 heterocycles. The van der Waals surface area contributed by atoms with Crippen LogP contribution in [0.5, 0.6) is 0 Å². The first-order valence-electron chi connectivity index (χ1n) is 9.01. The van der Waals surface area contributed by atoms with E-state index in [1.807, 2.05) is 0 Å². The minimum atomic E-state index is -2.86. The molecule has 7 nitrogen and oxygen atoms in total. The Labute approximate surface area is 185 Å². The van der Waals surface area contributed by atoms with Crippen molar-refractivity contribution in [3.63, 3.8) is 0 Å². The first-order valence-corrected chi connectivity index (χ1v) is 11.0. The molecule has 0 aromatic heterocycles. The van der Waals surface area contributed by atoms with Crippen molar-refractivity contribution in [2.75, 3.05) is 11.4 Å². The quantitative estimate of drug-likeness (QED) is 0.704. The molecule has 2 atom stereocenters. The summed E-state index contributed by atoms with van der Waals surface area (Å²) >= 11 is 12.3. The Hall–Kier alpha value is -2.60. The lowest BCUT2D eigenvalue weighted by Crippen LogP contribution is -2.53. The van der Waals surface area contributed by atoms with Gasteiger partial charge in [0, 0.05) is 16.5 Å². The van der Waals surface area contributed by atoms with E-state index in [1.165, 1.54) is 4.90 Å². The first kappa shape index (κ1) is 20.7. The maximum absolute atomic E-state index is 13.6. The Morgan fingerprint density at radius 1 is 1.20 bits per heavy atom. The Kier molecular flexibility index (Phi) is 5.22. The van der Waals surface area contributed by atoms with Crippen LogP contribution in [0.15, 0.2) is 47.5 Å². The second-order valence-corrected chi connectivity index (χ2v) is 9.34. The predicted molar refractivity (Wildman–Crippen MR) is 115 cm³/mol. The van der Waals surface area contributed by atoms with E-state index in [4.69, 9.17) is 28.5 Å². The molecule has 0 radical (unpaired) electrons. The molecule has 0 bridgehead atoms. The summed E-state index contributed by atoms with van der Waals surface area (Å²) < 4.78 is 23.9. The number of aliphatic imine (C=N–C) groups is 1. The third-order valence-corrected chi connectivity index (χ3v) is 6.60. The third-order valence-electron chi connectivity index (χ3n) is 5.29. The van der Waals surface area contributed by atoms with Crippen molar-refractivity contribution in [3.8, 4) is 6.07 Å². The number of thiol groups is 1. The molecule has 1 fully saturated rings. The Morgan fingerprint density at radius 2 is 1.83 bits per heavy atom. The number of guanidine groups is 1. The first-order chi connectivity index (χ1) is 14.2. The summed E-state index contributed by atoms with van der Waals surface area (Å²) in [5, 5.41) is 8.78. The van der Waals surface area contributed by atoms with Crippen LogP contribution >= 0.6 is 23.2 Å². The monoisotopic (exact) mass is 462 g/mol. The molecule has 2 aliphatic heterocycles. The van der Waals surface area contributed by atoms with Gasteiger partial charge in [-0.15, -0.1) is 0 Å². The summed E-state index contributed by atoms with van der Waals surface area (Å²) in [4.78, 5) is 20.9. The van der Waals surface area contributed by atoms with E-state index in [2.05, 4.69) is 11.1 Å². The summed E-state index contributed by atoms with van der Waals surface area (Å²) in [6.45, 7) is 1.74. The molecule has 30 heavy (non-hydrogen) atoms.